The van der Waals surface area contributed by atoms with Crippen LogP contribution in [0.4, 0.5) is 4.39 Å². The van der Waals surface area contributed by atoms with Crippen LogP contribution in [0.5, 0.6) is 5.75 Å². The van der Waals surface area contributed by atoms with Crippen molar-refractivity contribution in [1.82, 2.24) is 0 Å². The minimum Gasteiger partial charge on any atom is -0.497 e. The summed E-state index contributed by atoms with van der Waals surface area (Å²) >= 11 is 0. The van der Waals surface area contributed by atoms with Gasteiger partial charge in [0, 0.05) is 6.07 Å². The summed E-state index contributed by atoms with van der Waals surface area (Å²) in [5, 5.41) is 9.78. The quantitative estimate of drug-likeness (QED) is 0.925. The standard InChI is InChI=1S/C18H21FO3/c1-22-13-2-3-14(15(19)5-13)17-6-11-4-12(7-17)9-18(8-11,10-17)16(20)21/h2-3,5,11-12H,4,6-10H2,1H3,(H,20,21)/t11-,12-,17?,18?/m1/s1. The van der Waals surface area contributed by atoms with E-state index in [-0.39, 0.29) is 11.2 Å². The van der Waals surface area contributed by atoms with E-state index in [0.29, 0.717) is 29.6 Å². The van der Waals surface area contributed by atoms with Crippen molar-refractivity contribution in [2.24, 2.45) is 17.3 Å². The van der Waals surface area contributed by atoms with E-state index in [9.17, 15) is 14.3 Å². The Bertz CT molecular complexity index is 625. The summed E-state index contributed by atoms with van der Waals surface area (Å²) in [4.78, 5) is 11.9. The first-order chi connectivity index (χ1) is 10.5. The van der Waals surface area contributed by atoms with E-state index in [0.717, 1.165) is 32.1 Å². The van der Waals surface area contributed by atoms with E-state index in [1.807, 2.05) is 6.07 Å². The fourth-order valence-electron chi connectivity index (χ4n) is 5.88. The molecule has 22 heavy (non-hydrogen) atoms. The van der Waals surface area contributed by atoms with Gasteiger partial charge in [-0.3, -0.25) is 4.79 Å². The summed E-state index contributed by atoms with van der Waals surface area (Å²) in [6.45, 7) is 0. The molecule has 0 spiro atoms. The van der Waals surface area contributed by atoms with Crippen molar-refractivity contribution in [2.75, 3.05) is 7.11 Å². The first kappa shape index (κ1) is 14.0. The molecular formula is C18H21FO3. The van der Waals surface area contributed by atoms with Gasteiger partial charge in [-0.1, -0.05) is 6.07 Å². The molecule has 4 aliphatic rings. The summed E-state index contributed by atoms with van der Waals surface area (Å²) in [6.07, 6.45) is 5.13. The molecule has 4 bridgehead atoms. The van der Waals surface area contributed by atoms with Crippen LogP contribution >= 0.6 is 0 Å². The molecule has 0 unspecified atom stereocenters. The van der Waals surface area contributed by atoms with Gasteiger partial charge in [-0.05, 0) is 67.4 Å². The predicted molar refractivity (Wildman–Crippen MR) is 79.4 cm³/mol. The number of carboxylic acids is 1. The summed E-state index contributed by atoms with van der Waals surface area (Å²) < 4.78 is 19.7. The van der Waals surface area contributed by atoms with Crippen molar-refractivity contribution >= 4 is 5.97 Å². The number of hydrogen-bond acceptors (Lipinski definition) is 2. The highest BCUT2D eigenvalue weighted by Gasteiger charge is 2.61. The number of benzene rings is 1. The van der Waals surface area contributed by atoms with Crippen LogP contribution in [0.25, 0.3) is 0 Å². The Hall–Kier alpha value is -1.58. The van der Waals surface area contributed by atoms with Gasteiger partial charge in [-0.15, -0.1) is 0 Å². The monoisotopic (exact) mass is 304 g/mol. The smallest absolute Gasteiger partial charge is 0.309 e. The number of ether oxygens (including phenoxy) is 1. The van der Waals surface area contributed by atoms with E-state index >= 15 is 0 Å². The van der Waals surface area contributed by atoms with Crippen molar-refractivity contribution in [3.8, 4) is 5.75 Å². The third-order valence-electron chi connectivity index (χ3n) is 6.26. The molecule has 0 aliphatic heterocycles. The highest BCUT2D eigenvalue weighted by Crippen LogP contribution is 2.66. The highest BCUT2D eigenvalue weighted by atomic mass is 19.1. The van der Waals surface area contributed by atoms with Crippen LogP contribution in [-0.2, 0) is 10.2 Å². The molecule has 0 saturated heterocycles. The van der Waals surface area contributed by atoms with E-state index in [4.69, 9.17) is 4.74 Å². The maximum absolute atomic E-state index is 14.6. The molecule has 4 heteroatoms. The van der Waals surface area contributed by atoms with Gasteiger partial charge in [-0.25, -0.2) is 4.39 Å². The SMILES string of the molecule is COc1ccc(C23C[C@H]4C[C@@H](CC(C(=O)O)(C4)C2)C3)c(F)c1. The van der Waals surface area contributed by atoms with E-state index < -0.39 is 11.4 Å². The van der Waals surface area contributed by atoms with Gasteiger partial charge in [-0.2, -0.15) is 0 Å². The number of aliphatic carboxylic acids is 1. The molecule has 1 aromatic carbocycles. The molecule has 1 aromatic rings. The zero-order valence-electron chi connectivity index (χ0n) is 12.8. The van der Waals surface area contributed by atoms with E-state index in [1.54, 1.807) is 6.07 Å². The normalized spacial score (nSPS) is 39.0. The van der Waals surface area contributed by atoms with E-state index in [2.05, 4.69) is 0 Å². The molecule has 0 heterocycles. The first-order valence-corrected chi connectivity index (χ1v) is 8.04. The average molecular weight is 304 g/mol. The van der Waals surface area contributed by atoms with Crippen molar-refractivity contribution in [3.63, 3.8) is 0 Å². The lowest BCUT2D eigenvalue weighted by molar-refractivity contribution is -0.167. The Morgan fingerprint density at radius 2 is 1.95 bits per heavy atom. The van der Waals surface area contributed by atoms with Crippen molar-refractivity contribution < 1.29 is 19.0 Å². The minimum atomic E-state index is -0.681. The average Bonchev–Trinajstić information content (AvgIpc) is 2.45. The lowest BCUT2D eigenvalue weighted by Crippen LogP contribution is -2.57. The number of methoxy groups -OCH3 is 1. The molecule has 4 fully saturated rings. The number of halogens is 1. The Kier molecular flexibility index (Phi) is 2.85. The molecule has 4 aliphatic carbocycles. The molecular weight excluding hydrogens is 283 g/mol. The number of carbonyl (C=O) groups is 1. The molecule has 5 rings (SSSR count). The second-order valence-corrected chi connectivity index (χ2v) is 7.67. The Morgan fingerprint density at radius 3 is 2.50 bits per heavy atom. The third kappa shape index (κ3) is 1.82. The Morgan fingerprint density at radius 1 is 1.27 bits per heavy atom. The number of carboxylic acid groups (broad SMARTS) is 1. The summed E-state index contributed by atoms with van der Waals surface area (Å²) in [5.41, 5.74) is -0.219. The highest BCUT2D eigenvalue weighted by molar-refractivity contribution is 5.76. The Labute approximate surface area is 129 Å². The fraction of sp³-hybridized carbons (Fsp3) is 0.611. The second-order valence-electron chi connectivity index (χ2n) is 7.67. The topological polar surface area (TPSA) is 46.5 Å². The third-order valence-corrected chi connectivity index (χ3v) is 6.26. The number of rotatable bonds is 3. The maximum atomic E-state index is 14.6. The van der Waals surface area contributed by atoms with Gasteiger partial charge >= 0.3 is 5.97 Å². The minimum absolute atomic E-state index is 0.248. The van der Waals surface area contributed by atoms with Crippen molar-refractivity contribution in [1.29, 1.82) is 0 Å². The molecule has 2 atom stereocenters. The van der Waals surface area contributed by atoms with Crippen LogP contribution in [0.1, 0.15) is 44.1 Å². The maximum Gasteiger partial charge on any atom is 0.309 e. The predicted octanol–water partition coefficient (Wildman–Crippen LogP) is 3.76. The fourth-order valence-corrected chi connectivity index (χ4v) is 5.88. The van der Waals surface area contributed by atoms with Crippen molar-refractivity contribution in [3.05, 3.63) is 29.6 Å². The molecule has 1 N–H and O–H groups in total. The number of hydrogen-bond donors (Lipinski definition) is 1. The zero-order chi connectivity index (χ0) is 15.5. The summed E-state index contributed by atoms with van der Waals surface area (Å²) in [6, 6.07) is 5.04. The van der Waals surface area contributed by atoms with Gasteiger partial charge in [0.1, 0.15) is 11.6 Å². The lowest BCUT2D eigenvalue weighted by Gasteiger charge is -2.60. The van der Waals surface area contributed by atoms with Gasteiger partial charge < -0.3 is 9.84 Å². The largest absolute Gasteiger partial charge is 0.497 e. The first-order valence-electron chi connectivity index (χ1n) is 8.04. The van der Waals surface area contributed by atoms with Gasteiger partial charge in [0.05, 0.1) is 12.5 Å². The van der Waals surface area contributed by atoms with Gasteiger partial charge in [0.2, 0.25) is 0 Å². The molecule has 3 nitrogen and oxygen atoms in total. The van der Waals surface area contributed by atoms with Crippen LogP contribution in [0.2, 0.25) is 0 Å². The lowest BCUT2D eigenvalue weighted by atomic mass is 9.43. The van der Waals surface area contributed by atoms with Crippen LogP contribution in [-0.4, -0.2) is 18.2 Å². The molecule has 4 saturated carbocycles. The van der Waals surface area contributed by atoms with Crippen LogP contribution in [0, 0.1) is 23.1 Å². The second kappa shape index (κ2) is 4.46. The van der Waals surface area contributed by atoms with E-state index in [1.165, 1.54) is 13.2 Å². The Balaban J connectivity index is 1.79. The van der Waals surface area contributed by atoms with Crippen LogP contribution in [0.3, 0.4) is 0 Å². The van der Waals surface area contributed by atoms with Crippen LogP contribution < -0.4 is 4.74 Å². The van der Waals surface area contributed by atoms with Crippen molar-refractivity contribution in [2.45, 2.75) is 43.9 Å². The van der Waals surface area contributed by atoms with Gasteiger partial charge in [0.15, 0.2) is 0 Å². The molecule has 0 aromatic heterocycles. The summed E-state index contributed by atoms with van der Waals surface area (Å²) in [7, 11) is 1.53. The zero-order valence-corrected chi connectivity index (χ0v) is 12.8. The van der Waals surface area contributed by atoms with Gasteiger partial charge in [0.25, 0.3) is 0 Å². The molecule has 118 valence electrons. The summed E-state index contributed by atoms with van der Waals surface area (Å²) in [5.74, 6) is 0.443. The molecule has 0 radical (unpaired) electrons. The van der Waals surface area contributed by atoms with Crippen LogP contribution in [0.15, 0.2) is 18.2 Å². The molecule has 0 amide bonds.